The second-order valence-corrected chi connectivity index (χ2v) is 2.35. The smallest absolute Gasteiger partial charge is 0.165 e. The lowest BCUT2D eigenvalue weighted by Gasteiger charge is -2.15. The van der Waals surface area contributed by atoms with E-state index in [0.29, 0.717) is 5.92 Å². The highest BCUT2D eigenvalue weighted by Crippen LogP contribution is 2.52. The summed E-state index contributed by atoms with van der Waals surface area (Å²) in [5.74, 6) is 0.743. The second kappa shape index (κ2) is 0.757. The Bertz CT molecular complexity index is 130. The largest absolute Gasteiger partial charge is 0.385 e. The maximum absolute atomic E-state index is 10.4. The molecule has 38 valence electrons. The van der Waals surface area contributed by atoms with Crippen molar-refractivity contribution in [2.45, 2.75) is 12.5 Å². The molecule has 0 spiro atoms. The van der Waals surface area contributed by atoms with Crippen molar-refractivity contribution in [2.24, 2.45) is 11.8 Å². The van der Waals surface area contributed by atoms with E-state index in [1.807, 2.05) is 0 Å². The summed E-state index contributed by atoms with van der Waals surface area (Å²) in [6.07, 6.45) is 0.394. The number of aliphatic hydroxyl groups excluding tert-OH is 1. The topological polar surface area (TPSA) is 37.3 Å². The molecular formula is C5H6O2. The van der Waals surface area contributed by atoms with Gasteiger partial charge in [0.1, 0.15) is 6.10 Å². The fourth-order valence-electron chi connectivity index (χ4n) is 1.20. The van der Waals surface area contributed by atoms with Crippen molar-refractivity contribution in [2.75, 3.05) is 0 Å². The van der Waals surface area contributed by atoms with Gasteiger partial charge in [0.2, 0.25) is 0 Å². The quantitative estimate of drug-likeness (QED) is 0.446. The van der Waals surface area contributed by atoms with Crippen molar-refractivity contribution in [3.8, 4) is 0 Å². The molecule has 2 aliphatic rings. The van der Waals surface area contributed by atoms with E-state index >= 15 is 0 Å². The molecule has 0 aromatic heterocycles. The number of rotatable bonds is 0. The maximum atomic E-state index is 10.4. The third-order valence-electron chi connectivity index (χ3n) is 1.90. The van der Waals surface area contributed by atoms with Crippen LogP contribution in [-0.4, -0.2) is 17.0 Å². The monoisotopic (exact) mass is 98.0 g/mol. The molecule has 2 nitrogen and oxygen atoms in total. The van der Waals surface area contributed by atoms with Gasteiger partial charge in [-0.1, -0.05) is 0 Å². The van der Waals surface area contributed by atoms with Gasteiger partial charge in [-0.2, -0.15) is 0 Å². The number of carbonyl (C=O) groups excluding carboxylic acids is 1. The number of Topliss-reactive ketones (excluding diaryl/α,β-unsaturated/α-hetero) is 1. The van der Waals surface area contributed by atoms with Gasteiger partial charge in [-0.3, -0.25) is 4.79 Å². The maximum Gasteiger partial charge on any atom is 0.165 e. The van der Waals surface area contributed by atoms with Crippen molar-refractivity contribution in [3.63, 3.8) is 0 Å². The van der Waals surface area contributed by atoms with Crippen LogP contribution in [-0.2, 0) is 4.79 Å². The van der Waals surface area contributed by atoms with E-state index in [4.69, 9.17) is 5.11 Å². The lowest BCUT2D eigenvalue weighted by atomic mass is 9.95. The van der Waals surface area contributed by atoms with Gasteiger partial charge in [0.05, 0.1) is 0 Å². The van der Waals surface area contributed by atoms with Crippen LogP contribution >= 0.6 is 0 Å². The van der Waals surface area contributed by atoms with Crippen LogP contribution in [0.5, 0.6) is 0 Å². The fraction of sp³-hybridized carbons (Fsp3) is 0.800. The molecule has 1 N–H and O–H groups in total. The van der Waals surface area contributed by atoms with E-state index in [2.05, 4.69) is 0 Å². The number of carbonyl (C=O) groups is 1. The molecule has 0 aromatic rings. The Labute approximate surface area is 41.1 Å². The zero-order valence-electron chi connectivity index (χ0n) is 3.79. The number of ketones is 1. The molecule has 0 aliphatic heterocycles. The average Bonchev–Trinajstić information content (AvgIpc) is 2.39. The summed E-state index contributed by atoms with van der Waals surface area (Å²) in [5, 5.41) is 8.68. The van der Waals surface area contributed by atoms with Crippen LogP contribution in [0.2, 0.25) is 0 Å². The molecule has 0 radical (unpaired) electrons. The van der Waals surface area contributed by atoms with Gasteiger partial charge in [0.15, 0.2) is 5.78 Å². The summed E-state index contributed by atoms with van der Waals surface area (Å²) >= 11 is 0. The molecule has 3 unspecified atom stereocenters. The Morgan fingerprint density at radius 1 is 1.71 bits per heavy atom. The van der Waals surface area contributed by atoms with Gasteiger partial charge in [-0.15, -0.1) is 0 Å². The van der Waals surface area contributed by atoms with E-state index in [1.165, 1.54) is 0 Å². The van der Waals surface area contributed by atoms with E-state index in [0.717, 1.165) is 6.42 Å². The minimum absolute atomic E-state index is 0.0741. The van der Waals surface area contributed by atoms with Gasteiger partial charge in [-0.05, 0) is 6.42 Å². The van der Waals surface area contributed by atoms with E-state index in [9.17, 15) is 4.79 Å². The standard InChI is InChI=1S/C5H6O2/c6-4-2-1-3(2)5(4)7/h2-4,6H,1H2. The Hall–Kier alpha value is -0.370. The molecule has 2 saturated carbocycles. The molecular weight excluding hydrogens is 92.1 g/mol. The predicted molar refractivity (Wildman–Crippen MR) is 22.6 cm³/mol. The summed E-state index contributed by atoms with van der Waals surface area (Å²) < 4.78 is 0. The van der Waals surface area contributed by atoms with Crippen LogP contribution in [0.15, 0.2) is 0 Å². The first-order valence-electron chi connectivity index (χ1n) is 2.52. The van der Waals surface area contributed by atoms with E-state index < -0.39 is 6.10 Å². The molecule has 2 fully saturated rings. The van der Waals surface area contributed by atoms with Crippen molar-refractivity contribution < 1.29 is 9.90 Å². The lowest BCUT2D eigenvalue weighted by Crippen LogP contribution is -2.34. The van der Waals surface area contributed by atoms with Crippen LogP contribution in [0.1, 0.15) is 6.42 Å². The summed E-state index contributed by atoms with van der Waals surface area (Å²) in [7, 11) is 0. The van der Waals surface area contributed by atoms with Gasteiger partial charge < -0.3 is 5.11 Å². The number of hydrogen-bond acceptors (Lipinski definition) is 2. The van der Waals surface area contributed by atoms with Crippen LogP contribution in [0.25, 0.3) is 0 Å². The number of fused-ring (bicyclic) bond motifs is 1. The highest BCUT2D eigenvalue weighted by Gasteiger charge is 2.60. The first-order valence-corrected chi connectivity index (χ1v) is 2.52. The molecule has 2 rings (SSSR count). The van der Waals surface area contributed by atoms with Crippen LogP contribution in [0.3, 0.4) is 0 Å². The number of aliphatic hydroxyl groups is 1. The Morgan fingerprint density at radius 3 is 2.57 bits per heavy atom. The molecule has 0 aromatic carbocycles. The normalized spacial score (nSPS) is 55.6. The minimum Gasteiger partial charge on any atom is -0.385 e. The molecule has 7 heavy (non-hydrogen) atoms. The van der Waals surface area contributed by atoms with Gasteiger partial charge >= 0.3 is 0 Å². The van der Waals surface area contributed by atoms with Gasteiger partial charge in [0, 0.05) is 11.8 Å². The van der Waals surface area contributed by atoms with E-state index in [1.54, 1.807) is 0 Å². The van der Waals surface area contributed by atoms with Crippen molar-refractivity contribution in [3.05, 3.63) is 0 Å². The molecule has 0 heterocycles. The summed E-state index contributed by atoms with van der Waals surface area (Å²) in [6.45, 7) is 0. The SMILES string of the molecule is O=C1C(O)C2CC12. The van der Waals surface area contributed by atoms with Crippen molar-refractivity contribution in [1.82, 2.24) is 0 Å². The highest BCUT2D eigenvalue weighted by molar-refractivity contribution is 5.96. The lowest BCUT2D eigenvalue weighted by molar-refractivity contribution is -0.136. The minimum atomic E-state index is -0.565. The second-order valence-electron chi connectivity index (χ2n) is 2.35. The zero-order valence-corrected chi connectivity index (χ0v) is 3.79. The predicted octanol–water partition coefficient (Wildman–Crippen LogP) is -0.434. The Morgan fingerprint density at radius 2 is 2.43 bits per heavy atom. The van der Waals surface area contributed by atoms with Crippen molar-refractivity contribution >= 4 is 5.78 Å². The Kier molecular flexibility index (Phi) is 0.390. The number of hydrogen-bond donors (Lipinski definition) is 1. The average molecular weight is 98.1 g/mol. The third kappa shape index (κ3) is 0.239. The van der Waals surface area contributed by atoms with Gasteiger partial charge in [-0.25, -0.2) is 0 Å². The van der Waals surface area contributed by atoms with Crippen LogP contribution < -0.4 is 0 Å². The van der Waals surface area contributed by atoms with Crippen LogP contribution in [0.4, 0.5) is 0 Å². The zero-order chi connectivity index (χ0) is 5.02. The molecule has 0 saturated heterocycles. The van der Waals surface area contributed by atoms with Crippen LogP contribution in [0, 0.1) is 11.8 Å². The highest BCUT2D eigenvalue weighted by atomic mass is 16.3. The molecule has 0 bridgehead atoms. The fourth-order valence-corrected chi connectivity index (χ4v) is 1.20. The van der Waals surface area contributed by atoms with E-state index in [-0.39, 0.29) is 11.7 Å². The Balaban J connectivity index is 2.22. The summed E-state index contributed by atoms with van der Waals surface area (Å²) in [5.41, 5.74) is 0. The molecule has 2 aliphatic carbocycles. The first-order chi connectivity index (χ1) is 3.30. The molecule has 0 amide bonds. The first kappa shape index (κ1) is 3.61. The summed E-state index contributed by atoms with van der Waals surface area (Å²) in [6, 6.07) is 0. The third-order valence-corrected chi connectivity index (χ3v) is 1.90. The molecule has 3 atom stereocenters. The molecule has 2 heteroatoms. The van der Waals surface area contributed by atoms with Gasteiger partial charge in [0.25, 0.3) is 0 Å². The van der Waals surface area contributed by atoms with Crippen molar-refractivity contribution in [1.29, 1.82) is 0 Å². The summed E-state index contributed by atoms with van der Waals surface area (Å²) in [4.78, 5) is 10.4.